The van der Waals surface area contributed by atoms with E-state index in [-0.39, 0.29) is 11.7 Å². The Hall–Kier alpha value is -1.64. The fourth-order valence-corrected chi connectivity index (χ4v) is 2.74. The lowest BCUT2D eigenvalue weighted by molar-refractivity contribution is 0.0921. The molecule has 2 aromatic rings. The van der Waals surface area contributed by atoms with Crippen LogP contribution in [0.1, 0.15) is 28.8 Å². The van der Waals surface area contributed by atoms with E-state index in [9.17, 15) is 9.90 Å². The normalized spacial score (nSPS) is 24.4. The second kappa shape index (κ2) is 5.04. The number of rotatable bonds is 4. The maximum atomic E-state index is 12.2. The van der Waals surface area contributed by atoms with Crippen LogP contribution in [-0.4, -0.2) is 10.9 Å². The zero-order valence-corrected chi connectivity index (χ0v) is 11.7. The first-order valence-electron chi connectivity index (χ1n) is 6.66. The van der Waals surface area contributed by atoms with E-state index in [1.807, 2.05) is 30.3 Å². The quantitative estimate of drug-likeness (QED) is 0.868. The molecule has 0 aromatic heterocycles. The van der Waals surface area contributed by atoms with E-state index < -0.39 is 5.60 Å². The maximum Gasteiger partial charge on any atom is 0.163 e. The minimum absolute atomic E-state index is 0.00748. The van der Waals surface area contributed by atoms with E-state index in [1.54, 1.807) is 24.3 Å². The number of Topliss-reactive ketones (excluding diaryl/α,β-unsaturated/α-hetero) is 1. The largest absolute Gasteiger partial charge is 0.385 e. The first-order valence-corrected chi connectivity index (χ1v) is 7.04. The van der Waals surface area contributed by atoms with Crippen LogP contribution >= 0.6 is 11.6 Å². The van der Waals surface area contributed by atoms with E-state index in [1.165, 1.54) is 0 Å². The predicted octanol–water partition coefficient (Wildman–Crippen LogP) is 3.82. The molecule has 0 aliphatic heterocycles. The Morgan fingerprint density at radius 2 is 1.80 bits per heavy atom. The summed E-state index contributed by atoms with van der Waals surface area (Å²) in [6, 6.07) is 16.4. The van der Waals surface area contributed by atoms with Gasteiger partial charge in [-0.1, -0.05) is 41.9 Å². The molecule has 0 heterocycles. The van der Waals surface area contributed by atoms with Gasteiger partial charge in [-0.25, -0.2) is 0 Å². The van der Waals surface area contributed by atoms with Crippen LogP contribution in [0.4, 0.5) is 0 Å². The van der Waals surface area contributed by atoms with Crippen LogP contribution in [0.2, 0.25) is 5.02 Å². The highest BCUT2D eigenvalue weighted by atomic mass is 35.5. The number of hydrogen-bond acceptors (Lipinski definition) is 2. The Bertz CT molecular complexity index is 621. The van der Waals surface area contributed by atoms with Gasteiger partial charge in [0.1, 0.15) is 0 Å². The van der Waals surface area contributed by atoms with Gasteiger partial charge < -0.3 is 5.11 Å². The van der Waals surface area contributed by atoms with Crippen molar-refractivity contribution < 1.29 is 9.90 Å². The van der Waals surface area contributed by atoms with Crippen LogP contribution in [0.25, 0.3) is 0 Å². The van der Waals surface area contributed by atoms with E-state index in [0.717, 1.165) is 5.56 Å². The van der Waals surface area contributed by atoms with E-state index >= 15 is 0 Å². The van der Waals surface area contributed by atoms with Gasteiger partial charge in [-0.3, -0.25) is 4.79 Å². The Labute approximate surface area is 123 Å². The van der Waals surface area contributed by atoms with E-state index in [2.05, 4.69) is 0 Å². The molecule has 0 spiro atoms. The molecule has 0 unspecified atom stereocenters. The van der Waals surface area contributed by atoms with Gasteiger partial charge in [0.25, 0.3) is 0 Å². The van der Waals surface area contributed by atoms with Gasteiger partial charge in [-0.15, -0.1) is 0 Å². The molecule has 102 valence electrons. The summed E-state index contributed by atoms with van der Waals surface area (Å²) in [7, 11) is 0. The zero-order valence-electron chi connectivity index (χ0n) is 10.9. The van der Waals surface area contributed by atoms with Crippen molar-refractivity contribution in [2.24, 2.45) is 5.92 Å². The van der Waals surface area contributed by atoms with Crippen molar-refractivity contribution in [2.75, 3.05) is 0 Å². The summed E-state index contributed by atoms with van der Waals surface area (Å²) < 4.78 is 0. The summed E-state index contributed by atoms with van der Waals surface area (Å²) in [6.45, 7) is 0. The Kier molecular flexibility index (Phi) is 3.36. The first kappa shape index (κ1) is 13.3. The highest BCUT2D eigenvalue weighted by Crippen LogP contribution is 2.54. The molecule has 20 heavy (non-hydrogen) atoms. The lowest BCUT2D eigenvalue weighted by Crippen LogP contribution is -2.11. The Morgan fingerprint density at radius 1 is 1.15 bits per heavy atom. The highest BCUT2D eigenvalue weighted by Gasteiger charge is 2.54. The van der Waals surface area contributed by atoms with Crippen molar-refractivity contribution in [1.29, 1.82) is 0 Å². The molecule has 1 aliphatic carbocycles. The SMILES string of the molecule is O=C(C[C@H]1C[C@]1(O)c1ccccc1)c1ccc(Cl)cc1. The number of carbonyl (C=O) groups excluding carboxylic acids is 1. The van der Waals surface area contributed by atoms with E-state index in [0.29, 0.717) is 23.4 Å². The van der Waals surface area contributed by atoms with Crippen molar-refractivity contribution in [3.05, 3.63) is 70.7 Å². The van der Waals surface area contributed by atoms with Crippen LogP contribution < -0.4 is 0 Å². The number of benzene rings is 2. The molecule has 1 saturated carbocycles. The molecule has 0 saturated heterocycles. The minimum atomic E-state index is -0.830. The van der Waals surface area contributed by atoms with Crippen LogP contribution in [0, 0.1) is 5.92 Å². The van der Waals surface area contributed by atoms with Gasteiger partial charge in [-0.05, 0) is 36.2 Å². The van der Waals surface area contributed by atoms with Crippen molar-refractivity contribution in [2.45, 2.75) is 18.4 Å². The summed E-state index contributed by atoms with van der Waals surface area (Å²) in [5.41, 5.74) is 0.717. The van der Waals surface area contributed by atoms with Gasteiger partial charge in [0.05, 0.1) is 5.60 Å². The fourth-order valence-electron chi connectivity index (χ4n) is 2.62. The number of ketones is 1. The summed E-state index contributed by atoms with van der Waals surface area (Å²) >= 11 is 5.81. The second-order valence-corrected chi connectivity index (χ2v) is 5.76. The van der Waals surface area contributed by atoms with Crippen molar-refractivity contribution >= 4 is 17.4 Å². The number of halogens is 1. The zero-order chi connectivity index (χ0) is 14.2. The molecule has 1 N–H and O–H groups in total. The molecule has 2 atom stereocenters. The lowest BCUT2D eigenvalue weighted by atomic mass is 10.0. The minimum Gasteiger partial charge on any atom is -0.385 e. The van der Waals surface area contributed by atoms with Crippen LogP contribution in [0.5, 0.6) is 0 Å². The molecule has 3 rings (SSSR count). The third kappa shape index (κ3) is 2.49. The van der Waals surface area contributed by atoms with Gasteiger partial charge in [-0.2, -0.15) is 0 Å². The monoisotopic (exact) mass is 286 g/mol. The molecule has 1 aliphatic rings. The average molecular weight is 287 g/mol. The van der Waals surface area contributed by atoms with Crippen molar-refractivity contribution in [3.63, 3.8) is 0 Å². The fraction of sp³-hybridized carbons (Fsp3) is 0.235. The average Bonchev–Trinajstić information content (AvgIpc) is 3.12. The summed E-state index contributed by atoms with van der Waals surface area (Å²) in [5, 5.41) is 11.1. The smallest absolute Gasteiger partial charge is 0.163 e. The molecule has 2 nitrogen and oxygen atoms in total. The highest BCUT2D eigenvalue weighted by molar-refractivity contribution is 6.30. The summed E-state index contributed by atoms with van der Waals surface area (Å²) in [5.74, 6) is 0.0617. The lowest BCUT2D eigenvalue weighted by Gasteiger charge is -2.10. The van der Waals surface area contributed by atoms with Crippen molar-refractivity contribution in [1.82, 2.24) is 0 Å². The van der Waals surface area contributed by atoms with Crippen LogP contribution in [0.15, 0.2) is 54.6 Å². The number of hydrogen-bond donors (Lipinski definition) is 1. The molecule has 3 heteroatoms. The Morgan fingerprint density at radius 3 is 2.45 bits per heavy atom. The molecule has 0 amide bonds. The topological polar surface area (TPSA) is 37.3 Å². The summed E-state index contributed by atoms with van der Waals surface area (Å²) in [6.07, 6.45) is 1.02. The standard InChI is InChI=1S/C17H15ClO2/c18-15-8-6-12(7-9-15)16(19)10-14-11-17(14,20)13-4-2-1-3-5-13/h1-9,14,20H,10-11H2/t14-,17-/m0/s1. The van der Waals surface area contributed by atoms with Crippen molar-refractivity contribution in [3.8, 4) is 0 Å². The maximum absolute atomic E-state index is 12.2. The first-order chi connectivity index (χ1) is 9.59. The van der Waals surface area contributed by atoms with Gasteiger partial charge >= 0.3 is 0 Å². The molecule has 0 radical (unpaired) electrons. The number of aliphatic hydroxyl groups is 1. The third-order valence-electron chi connectivity index (χ3n) is 3.94. The van der Waals surface area contributed by atoms with Gasteiger partial charge in [0.15, 0.2) is 5.78 Å². The van der Waals surface area contributed by atoms with Gasteiger partial charge in [0, 0.05) is 22.9 Å². The molecule has 2 aromatic carbocycles. The van der Waals surface area contributed by atoms with E-state index in [4.69, 9.17) is 11.6 Å². The number of carbonyl (C=O) groups is 1. The van der Waals surface area contributed by atoms with Crippen LogP contribution in [0.3, 0.4) is 0 Å². The molecular formula is C17H15ClO2. The molecule has 0 bridgehead atoms. The Balaban J connectivity index is 1.69. The summed E-state index contributed by atoms with van der Waals surface area (Å²) in [4.78, 5) is 12.2. The van der Waals surface area contributed by atoms with Crippen LogP contribution in [-0.2, 0) is 5.60 Å². The third-order valence-corrected chi connectivity index (χ3v) is 4.20. The molecule has 1 fully saturated rings. The predicted molar refractivity (Wildman–Crippen MR) is 78.8 cm³/mol. The van der Waals surface area contributed by atoms with Gasteiger partial charge in [0.2, 0.25) is 0 Å². The molecular weight excluding hydrogens is 272 g/mol. The second-order valence-electron chi connectivity index (χ2n) is 5.33.